The Morgan fingerprint density at radius 3 is 0.857 bits per heavy atom. The number of rotatable bonds is 29. The number of nitrogens with zero attached hydrogens (tertiary/aromatic N) is 1. The van der Waals surface area contributed by atoms with Gasteiger partial charge in [-0.2, -0.15) is 0 Å². The van der Waals surface area contributed by atoms with E-state index in [2.05, 4.69) is 39.5 Å². The molecule has 0 aliphatic heterocycles. The van der Waals surface area contributed by atoms with Crippen molar-refractivity contribution in [2.45, 2.75) is 207 Å². The third kappa shape index (κ3) is 24.1. The lowest BCUT2D eigenvalue weighted by molar-refractivity contribution is 0.105. The molecule has 0 saturated carbocycles. The molecule has 0 rings (SSSR count). The summed E-state index contributed by atoms with van der Waals surface area (Å²) < 4.78 is 0. The van der Waals surface area contributed by atoms with E-state index in [1.54, 1.807) is 0 Å². The Morgan fingerprint density at radius 2 is 0.600 bits per heavy atom. The smallest absolute Gasteiger partial charge is 0.0153 e. The first-order valence-electron chi connectivity index (χ1n) is 16.8. The molecule has 0 fully saturated rings. The van der Waals surface area contributed by atoms with Crippen LogP contribution in [0.5, 0.6) is 0 Å². The van der Waals surface area contributed by atoms with Gasteiger partial charge in [0.2, 0.25) is 0 Å². The number of hydrogen-bond acceptors (Lipinski definition) is 1. The summed E-state index contributed by atoms with van der Waals surface area (Å²) in [5, 5.41) is 0. The minimum atomic E-state index is 0.379. The summed E-state index contributed by atoms with van der Waals surface area (Å²) in [5.41, 5.74) is 0.379. The summed E-state index contributed by atoms with van der Waals surface area (Å²) in [4.78, 5) is 2.85. The second-order valence-corrected chi connectivity index (χ2v) is 12.3. The summed E-state index contributed by atoms with van der Waals surface area (Å²) in [5.74, 6) is 0. The van der Waals surface area contributed by atoms with Crippen LogP contribution in [-0.4, -0.2) is 23.5 Å². The topological polar surface area (TPSA) is 3.24 Å². The summed E-state index contributed by atoms with van der Waals surface area (Å²) >= 11 is 0. The van der Waals surface area contributed by atoms with Crippen LogP contribution in [0.1, 0.15) is 202 Å². The van der Waals surface area contributed by atoms with Crippen LogP contribution in [0.25, 0.3) is 0 Å². The van der Waals surface area contributed by atoms with Gasteiger partial charge >= 0.3 is 0 Å². The molecule has 0 spiro atoms. The fraction of sp³-hybridized carbons (Fsp3) is 1.00. The van der Waals surface area contributed by atoms with Gasteiger partial charge in [0.05, 0.1) is 0 Å². The maximum absolute atomic E-state index is 2.85. The van der Waals surface area contributed by atoms with Gasteiger partial charge in [-0.3, -0.25) is 4.90 Å². The summed E-state index contributed by atoms with van der Waals surface area (Å²) in [7, 11) is 0. The Labute approximate surface area is 225 Å². The van der Waals surface area contributed by atoms with E-state index in [9.17, 15) is 0 Å². The second-order valence-electron chi connectivity index (χ2n) is 12.3. The molecule has 212 valence electrons. The minimum absolute atomic E-state index is 0.379. The van der Waals surface area contributed by atoms with E-state index in [0.717, 1.165) is 0 Å². The first-order valence-corrected chi connectivity index (χ1v) is 16.8. The van der Waals surface area contributed by atoms with Crippen molar-refractivity contribution in [2.24, 2.45) is 0 Å². The molecule has 0 bridgehead atoms. The highest BCUT2D eigenvalue weighted by Gasteiger charge is 2.24. The molecule has 0 aliphatic rings. The fourth-order valence-corrected chi connectivity index (χ4v) is 5.77. The van der Waals surface area contributed by atoms with E-state index in [0.29, 0.717) is 5.54 Å². The molecule has 0 aliphatic carbocycles. The number of hydrogen-bond donors (Lipinski definition) is 0. The minimum Gasteiger partial charge on any atom is -0.298 e. The third-order valence-electron chi connectivity index (χ3n) is 8.28. The quantitative estimate of drug-likeness (QED) is 0.0936. The molecule has 0 unspecified atom stereocenters. The molecule has 35 heavy (non-hydrogen) atoms. The molecule has 0 radical (unpaired) electrons. The van der Waals surface area contributed by atoms with Crippen molar-refractivity contribution in [1.29, 1.82) is 0 Å². The highest BCUT2D eigenvalue weighted by Crippen LogP contribution is 2.23. The predicted octanol–water partition coefficient (Wildman–Crippen LogP) is 12.3. The van der Waals surface area contributed by atoms with Gasteiger partial charge in [-0.25, -0.2) is 0 Å². The summed E-state index contributed by atoms with van der Waals surface area (Å²) in [6.45, 7) is 14.6. The Morgan fingerprint density at radius 1 is 0.343 bits per heavy atom. The van der Waals surface area contributed by atoms with Gasteiger partial charge in [-0.05, 0) is 46.2 Å². The SMILES string of the molecule is CCCCCCCCCCCCCCN(CCCCCCCCCCCCCC)C(C)(C)CCC. The molecule has 0 aromatic rings. The van der Waals surface area contributed by atoms with Gasteiger partial charge in [-0.15, -0.1) is 0 Å². The Hall–Kier alpha value is -0.0400. The summed E-state index contributed by atoms with van der Waals surface area (Å²) in [6, 6.07) is 0. The Bertz CT molecular complexity index is 360. The maximum atomic E-state index is 2.85. The van der Waals surface area contributed by atoms with Crippen LogP contribution < -0.4 is 0 Å². The van der Waals surface area contributed by atoms with Crippen LogP contribution in [-0.2, 0) is 0 Å². The molecular weight excluding hydrogens is 422 g/mol. The van der Waals surface area contributed by atoms with Gasteiger partial charge in [0.25, 0.3) is 0 Å². The maximum Gasteiger partial charge on any atom is 0.0153 e. The van der Waals surface area contributed by atoms with Crippen LogP contribution in [0, 0.1) is 0 Å². The van der Waals surface area contributed by atoms with Crippen LogP contribution in [0.4, 0.5) is 0 Å². The van der Waals surface area contributed by atoms with E-state index in [-0.39, 0.29) is 0 Å². The predicted molar refractivity (Wildman–Crippen MR) is 163 cm³/mol. The van der Waals surface area contributed by atoms with E-state index in [4.69, 9.17) is 0 Å². The van der Waals surface area contributed by atoms with Gasteiger partial charge in [0.15, 0.2) is 0 Å². The van der Waals surface area contributed by atoms with Crippen molar-refractivity contribution in [1.82, 2.24) is 4.90 Å². The normalized spacial score (nSPS) is 12.2. The van der Waals surface area contributed by atoms with E-state index in [1.165, 1.54) is 180 Å². The van der Waals surface area contributed by atoms with Gasteiger partial charge in [0.1, 0.15) is 0 Å². The van der Waals surface area contributed by atoms with Crippen LogP contribution in [0.2, 0.25) is 0 Å². The van der Waals surface area contributed by atoms with Crippen molar-refractivity contribution < 1.29 is 0 Å². The molecular formula is C34H71N. The molecule has 0 aromatic carbocycles. The molecule has 0 saturated heterocycles. The molecule has 0 N–H and O–H groups in total. The second kappa shape index (κ2) is 27.0. The van der Waals surface area contributed by atoms with Crippen LogP contribution in [0.3, 0.4) is 0 Å². The summed E-state index contributed by atoms with van der Waals surface area (Å²) in [6.07, 6.45) is 37.4. The van der Waals surface area contributed by atoms with Gasteiger partial charge in [0, 0.05) is 5.54 Å². The molecule has 1 heteroatoms. The lowest BCUT2D eigenvalue weighted by Gasteiger charge is -2.39. The third-order valence-corrected chi connectivity index (χ3v) is 8.28. The lowest BCUT2D eigenvalue weighted by Crippen LogP contribution is -2.45. The monoisotopic (exact) mass is 494 g/mol. The molecule has 0 heterocycles. The largest absolute Gasteiger partial charge is 0.298 e. The highest BCUT2D eigenvalue weighted by atomic mass is 15.2. The van der Waals surface area contributed by atoms with Crippen molar-refractivity contribution >= 4 is 0 Å². The van der Waals surface area contributed by atoms with Gasteiger partial charge < -0.3 is 0 Å². The standard InChI is InChI=1S/C34H71N/c1-6-9-11-13-15-17-19-21-23-25-27-29-32-35(34(4,5)31-8-3)33-30-28-26-24-22-20-18-16-14-12-10-7-2/h6-33H2,1-5H3. The zero-order valence-corrected chi connectivity index (χ0v) is 25.7. The molecule has 0 amide bonds. The zero-order chi connectivity index (χ0) is 25.9. The van der Waals surface area contributed by atoms with Crippen LogP contribution in [0.15, 0.2) is 0 Å². The van der Waals surface area contributed by atoms with Crippen LogP contribution >= 0.6 is 0 Å². The molecule has 0 aromatic heterocycles. The van der Waals surface area contributed by atoms with Crippen molar-refractivity contribution in [3.63, 3.8) is 0 Å². The van der Waals surface area contributed by atoms with Crippen molar-refractivity contribution in [3.05, 3.63) is 0 Å². The average Bonchev–Trinajstić information content (AvgIpc) is 2.83. The number of unbranched alkanes of at least 4 members (excludes halogenated alkanes) is 22. The van der Waals surface area contributed by atoms with E-state index < -0.39 is 0 Å². The van der Waals surface area contributed by atoms with Crippen molar-refractivity contribution in [2.75, 3.05) is 13.1 Å². The Kier molecular flexibility index (Phi) is 27.0. The van der Waals surface area contributed by atoms with E-state index in [1.807, 2.05) is 0 Å². The first kappa shape index (κ1) is 35.0. The molecule has 1 nitrogen and oxygen atoms in total. The zero-order valence-electron chi connectivity index (χ0n) is 25.7. The first-order chi connectivity index (χ1) is 17.1. The fourth-order valence-electron chi connectivity index (χ4n) is 5.77. The Balaban J connectivity index is 3.80. The van der Waals surface area contributed by atoms with Gasteiger partial charge in [-0.1, -0.05) is 168 Å². The lowest BCUT2D eigenvalue weighted by atomic mass is 9.95. The van der Waals surface area contributed by atoms with E-state index >= 15 is 0 Å². The highest BCUT2D eigenvalue weighted by molar-refractivity contribution is 4.81. The van der Waals surface area contributed by atoms with Crippen molar-refractivity contribution in [3.8, 4) is 0 Å². The average molecular weight is 494 g/mol. The molecule has 0 atom stereocenters.